The average molecular weight is 204 g/mol. The molecule has 0 aliphatic carbocycles. The van der Waals surface area contributed by atoms with E-state index in [1.807, 2.05) is 0 Å². The molecule has 1 heterocycles. The van der Waals surface area contributed by atoms with Crippen molar-refractivity contribution >= 4 is 0 Å². The zero-order chi connectivity index (χ0) is 10.7. The van der Waals surface area contributed by atoms with Gasteiger partial charge < -0.3 is 10.6 Å². The van der Waals surface area contributed by atoms with Gasteiger partial charge >= 0.3 is 0 Å². The zero-order valence-corrected chi connectivity index (χ0v) is 9.59. The molecule has 0 amide bonds. The second kappa shape index (κ2) is 4.77. The van der Waals surface area contributed by atoms with Crippen LogP contribution < -0.4 is 10.6 Å². The van der Waals surface area contributed by atoms with Gasteiger partial charge in [-0.1, -0.05) is 24.3 Å². The van der Waals surface area contributed by atoms with Crippen molar-refractivity contribution < 1.29 is 0 Å². The van der Waals surface area contributed by atoms with E-state index < -0.39 is 0 Å². The fourth-order valence-corrected chi connectivity index (χ4v) is 2.08. The van der Waals surface area contributed by atoms with E-state index in [0.29, 0.717) is 12.1 Å². The first-order valence-corrected chi connectivity index (χ1v) is 5.77. The number of nitrogens with one attached hydrogen (secondary N) is 2. The Morgan fingerprint density at radius 3 is 2.67 bits per heavy atom. The van der Waals surface area contributed by atoms with E-state index in [-0.39, 0.29) is 0 Å². The molecule has 1 saturated heterocycles. The Balaban J connectivity index is 1.95. The highest BCUT2D eigenvalue weighted by atomic mass is 15.1. The molecule has 1 fully saturated rings. The first kappa shape index (κ1) is 10.7. The van der Waals surface area contributed by atoms with Gasteiger partial charge in [0, 0.05) is 25.2 Å². The van der Waals surface area contributed by atoms with Crippen LogP contribution in [0.5, 0.6) is 0 Å². The van der Waals surface area contributed by atoms with Crippen LogP contribution in [-0.2, 0) is 6.42 Å². The maximum atomic E-state index is 3.58. The molecule has 2 nitrogen and oxygen atoms in total. The lowest BCUT2D eigenvalue weighted by Gasteiger charge is -2.29. The molecular weight excluding hydrogens is 184 g/mol. The molecular formula is C13H20N2. The van der Waals surface area contributed by atoms with Crippen LogP contribution in [0.3, 0.4) is 0 Å². The summed E-state index contributed by atoms with van der Waals surface area (Å²) in [5.74, 6) is 0. The van der Waals surface area contributed by atoms with E-state index in [9.17, 15) is 0 Å². The minimum Gasteiger partial charge on any atom is -0.311 e. The van der Waals surface area contributed by atoms with Crippen molar-refractivity contribution in [2.75, 3.05) is 13.1 Å². The highest BCUT2D eigenvalue weighted by Crippen LogP contribution is 2.10. The van der Waals surface area contributed by atoms with Gasteiger partial charge in [0.25, 0.3) is 0 Å². The number of hydrogen-bond acceptors (Lipinski definition) is 2. The van der Waals surface area contributed by atoms with Crippen molar-refractivity contribution in [3.05, 3.63) is 35.4 Å². The van der Waals surface area contributed by atoms with Crippen molar-refractivity contribution in [3.63, 3.8) is 0 Å². The standard InChI is InChI=1S/C13H20N2/c1-10-5-3-4-6-12(10)7-13-9-14-11(2)8-15-13/h3-6,11,13-15H,7-9H2,1-2H3. The van der Waals surface area contributed by atoms with Gasteiger partial charge in [-0.05, 0) is 31.4 Å². The van der Waals surface area contributed by atoms with Gasteiger partial charge in [0.1, 0.15) is 0 Å². The Morgan fingerprint density at radius 1 is 1.20 bits per heavy atom. The van der Waals surface area contributed by atoms with Gasteiger partial charge in [-0.2, -0.15) is 0 Å². The summed E-state index contributed by atoms with van der Waals surface area (Å²) in [6.45, 7) is 6.57. The van der Waals surface area contributed by atoms with Gasteiger partial charge in [0.15, 0.2) is 0 Å². The first-order chi connectivity index (χ1) is 7.25. The van der Waals surface area contributed by atoms with Crippen LogP contribution in [0.2, 0.25) is 0 Å². The Bertz CT molecular complexity index is 314. The van der Waals surface area contributed by atoms with Gasteiger partial charge in [-0.25, -0.2) is 0 Å². The molecule has 0 radical (unpaired) electrons. The van der Waals surface area contributed by atoms with Crippen LogP contribution >= 0.6 is 0 Å². The molecule has 1 aliphatic rings. The summed E-state index contributed by atoms with van der Waals surface area (Å²) in [5.41, 5.74) is 2.87. The molecule has 2 rings (SSSR count). The smallest absolute Gasteiger partial charge is 0.0233 e. The number of benzene rings is 1. The Labute approximate surface area is 92.1 Å². The minimum absolute atomic E-state index is 0.585. The Morgan fingerprint density at radius 2 is 2.00 bits per heavy atom. The molecule has 1 aliphatic heterocycles. The fourth-order valence-electron chi connectivity index (χ4n) is 2.08. The summed E-state index contributed by atoms with van der Waals surface area (Å²) in [6, 6.07) is 9.85. The quantitative estimate of drug-likeness (QED) is 0.762. The average Bonchev–Trinajstić information content (AvgIpc) is 2.25. The van der Waals surface area contributed by atoms with Crippen LogP contribution in [0.1, 0.15) is 18.1 Å². The Kier molecular flexibility index (Phi) is 3.39. The molecule has 0 aromatic heterocycles. The highest BCUT2D eigenvalue weighted by Gasteiger charge is 2.16. The monoisotopic (exact) mass is 204 g/mol. The largest absolute Gasteiger partial charge is 0.311 e. The van der Waals surface area contributed by atoms with Crippen molar-refractivity contribution in [1.82, 2.24) is 10.6 Å². The van der Waals surface area contributed by atoms with Gasteiger partial charge in [-0.3, -0.25) is 0 Å². The summed E-state index contributed by atoms with van der Waals surface area (Å²) in [5, 5.41) is 7.09. The van der Waals surface area contributed by atoms with Gasteiger partial charge in [0.2, 0.25) is 0 Å². The Hall–Kier alpha value is -0.860. The van der Waals surface area contributed by atoms with Crippen LogP contribution in [-0.4, -0.2) is 25.2 Å². The third kappa shape index (κ3) is 2.80. The van der Waals surface area contributed by atoms with Crippen molar-refractivity contribution in [3.8, 4) is 0 Å². The lowest BCUT2D eigenvalue weighted by Crippen LogP contribution is -2.53. The molecule has 82 valence electrons. The second-order valence-corrected chi connectivity index (χ2v) is 4.55. The fraction of sp³-hybridized carbons (Fsp3) is 0.538. The summed E-state index contributed by atoms with van der Waals surface area (Å²) in [7, 11) is 0. The second-order valence-electron chi connectivity index (χ2n) is 4.55. The third-order valence-corrected chi connectivity index (χ3v) is 3.15. The lowest BCUT2D eigenvalue weighted by atomic mass is 9.99. The van der Waals surface area contributed by atoms with E-state index in [0.717, 1.165) is 19.5 Å². The molecule has 1 aromatic carbocycles. The third-order valence-electron chi connectivity index (χ3n) is 3.15. The molecule has 0 bridgehead atoms. The topological polar surface area (TPSA) is 24.1 Å². The van der Waals surface area contributed by atoms with E-state index in [4.69, 9.17) is 0 Å². The van der Waals surface area contributed by atoms with Crippen LogP contribution in [0.4, 0.5) is 0 Å². The SMILES string of the molecule is Cc1ccccc1CC1CNC(C)CN1. The predicted molar refractivity (Wildman–Crippen MR) is 64.1 cm³/mol. The summed E-state index contributed by atoms with van der Waals surface area (Å²) in [4.78, 5) is 0. The van der Waals surface area contributed by atoms with Crippen LogP contribution in [0.25, 0.3) is 0 Å². The van der Waals surface area contributed by atoms with Crippen LogP contribution in [0, 0.1) is 6.92 Å². The molecule has 0 spiro atoms. The minimum atomic E-state index is 0.585. The predicted octanol–water partition coefficient (Wildman–Crippen LogP) is 1.49. The molecule has 15 heavy (non-hydrogen) atoms. The van der Waals surface area contributed by atoms with Gasteiger partial charge in [-0.15, -0.1) is 0 Å². The van der Waals surface area contributed by atoms with Crippen molar-refractivity contribution in [2.45, 2.75) is 32.4 Å². The van der Waals surface area contributed by atoms with Gasteiger partial charge in [0.05, 0.1) is 0 Å². The van der Waals surface area contributed by atoms with Crippen LogP contribution in [0.15, 0.2) is 24.3 Å². The summed E-state index contributed by atoms with van der Waals surface area (Å²) < 4.78 is 0. The molecule has 2 heteroatoms. The van der Waals surface area contributed by atoms with E-state index in [2.05, 4.69) is 48.7 Å². The van der Waals surface area contributed by atoms with E-state index in [1.165, 1.54) is 11.1 Å². The number of piperazine rings is 1. The van der Waals surface area contributed by atoms with Crippen molar-refractivity contribution in [1.29, 1.82) is 0 Å². The maximum Gasteiger partial charge on any atom is 0.0233 e. The number of rotatable bonds is 2. The molecule has 2 unspecified atom stereocenters. The highest BCUT2D eigenvalue weighted by molar-refractivity contribution is 5.26. The summed E-state index contributed by atoms with van der Waals surface area (Å²) >= 11 is 0. The maximum absolute atomic E-state index is 3.58. The zero-order valence-electron chi connectivity index (χ0n) is 9.59. The van der Waals surface area contributed by atoms with Crippen molar-refractivity contribution in [2.24, 2.45) is 0 Å². The van der Waals surface area contributed by atoms with E-state index >= 15 is 0 Å². The molecule has 2 N–H and O–H groups in total. The lowest BCUT2D eigenvalue weighted by molar-refractivity contribution is 0.358. The van der Waals surface area contributed by atoms with E-state index in [1.54, 1.807) is 0 Å². The summed E-state index contributed by atoms with van der Waals surface area (Å²) in [6.07, 6.45) is 1.13. The number of hydrogen-bond donors (Lipinski definition) is 2. The normalized spacial score (nSPS) is 26.5. The first-order valence-electron chi connectivity index (χ1n) is 5.77. The molecule has 2 atom stereocenters. The molecule has 1 aromatic rings. The molecule has 0 saturated carbocycles. The number of aryl methyl sites for hydroxylation is 1.